The van der Waals surface area contributed by atoms with E-state index in [9.17, 15) is 14.4 Å². The summed E-state index contributed by atoms with van der Waals surface area (Å²) in [6.07, 6.45) is 1.03. The van der Waals surface area contributed by atoms with Gasteiger partial charge in [0.25, 0.3) is 0 Å². The molecule has 2 amide bonds. The number of anilines is 1. The average molecular weight is 304 g/mol. The van der Waals surface area contributed by atoms with Gasteiger partial charge in [0.2, 0.25) is 11.8 Å². The standard InChI is InChI=1S/C16H20N2O4/c1-3-11-4-6-13(7-5-11)18-9-12(8-14(18)19)15(20)17-10(2)16(21)22/h4-7,10,12H,3,8-9H2,1-2H3,(H,17,20)(H,21,22)/t10-,12?/m0/s1. The Kier molecular flexibility index (Phi) is 4.80. The maximum atomic E-state index is 12.1. The molecule has 2 rings (SSSR count). The highest BCUT2D eigenvalue weighted by molar-refractivity contribution is 6.00. The van der Waals surface area contributed by atoms with Crippen molar-refractivity contribution in [3.63, 3.8) is 0 Å². The lowest BCUT2D eigenvalue weighted by Gasteiger charge is -2.17. The number of aliphatic carboxylic acids is 1. The molecule has 1 aliphatic heterocycles. The monoisotopic (exact) mass is 304 g/mol. The van der Waals surface area contributed by atoms with Gasteiger partial charge in [0.15, 0.2) is 0 Å². The van der Waals surface area contributed by atoms with Crippen LogP contribution < -0.4 is 10.2 Å². The molecular formula is C16H20N2O4. The van der Waals surface area contributed by atoms with Crippen molar-refractivity contribution in [2.75, 3.05) is 11.4 Å². The second-order valence-electron chi connectivity index (χ2n) is 5.49. The second kappa shape index (κ2) is 6.60. The summed E-state index contributed by atoms with van der Waals surface area (Å²) in [6.45, 7) is 3.74. The van der Waals surface area contributed by atoms with Crippen LogP contribution in [0.3, 0.4) is 0 Å². The van der Waals surface area contributed by atoms with Crippen molar-refractivity contribution in [3.05, 3.63) is 29.8 Å². The third kappa shape index (κ3) is 3.44. The lowest BCUT2D eigenvalue weighted by molar-refractivity contribution is -0.141. The molecular weight excluding hydrogens is 284 g/mol. The van der Waals surface area contributed by atoms with Crippen LogP contribution in [0.15, 0.2) is 24.3 Å². The first-order valence-electron chi connectivity index (χ1n) is 7.34. The molecule has 0 aliphatic carbocycles. The predicted molar refractivity (Wildman–Crippen MR) is 81.5 cm³/mol. The number of carboxylic acid groups (broad SMARTS) is 1. The van der Waals surface area contributed by atoms with E-state index in [1.807, 2.05) is 24.3 Å². The van der Waals surface area contributed by atoms with Crippen molar-refractivity contribution in [1.82, 2.24) is 5.32 Å². The lowest BCUT2D eigenvalue weighted by Crippen LogP contribution is -2.42. The summed E-state index contributed by atoms with van der Waals surface area (Å²) in [5, 5.41) is 11.2. The summed E-state index contributed by atoms with van der Waals surface area (Å²) < 4.78 is 0. The van der Waals surface area contributed by atoms with E-state index >= 15 is 0 Å². The number of carbonyl (C=O) groups is 3. The highest BCUT2D eigenvalue weighted by atomic mass is 16.4. The van der Waals surface area contributed by atoms with Gasteiger partial charge in [0.1, 0.15) is 6.04 Å². The Bertz CT molecular complexity index is 582. The Hall–Kier alpha value is -2.37. The van der Waals surface area contributed by atoms with E-state index in [1.165, 1.54) is 12.5 Å². The molecule has 0 radical (unpaired) electrons. The zero-order chi connectivity index (χ0) is 16.3. The van der Waals surface area contributed by atoms with Crippen molar-refractivity contribution in [1.29, 1.82) is 0 Å². The number of benzene rings is 1. The Balaban J connectivity index is 2.03. The summed E-state index contributed by atoms with van der Waals surface area (Å²) in [7, 11) is 0. The van der Waals surface area contributed by atoms with Crippen LogP contribution in [0.2, 0.25) is 0 Å². The molecule has 1 fully saturated rings. The average Bonchev–Trinajstić information content (AvgIpc) is 2.89. The summed E-state index contributed by atoms with van der Waals surface area (Å²) in [5.74, 6) is -2.12. The van der Waals surface area contributed by atoms with Gasteiger partial charge in [-0.15, -0.1) is 0 Å². The Morgan fingerprint density at radius 2 is 2.00 bits per heavy atom. The summed E-state index contributed by atoms with van der Waals surface area (Å²) in [6, 6.07) is 6.71. The van der Waals surface area contributed by atoms with Gasteiger partial charge in [0.05, 0.1) is 5.92 Å². The largest absolute Gasteiger partial charge is 0.480 e. The first-order chi connectivity index (χ1) is 10.4. The van der Waals surface area contributed by atoms with E-state index in [1.54, 1.807) is 4.90 Å². The van der Waals surface area contributed by atoms with Gasteiger partial charge in [-0.3, -0.25) is 14.4 Å². The van der Waals surface area contributed by atoms with E-state index in [4.69, 9.17) is 5.11 Å². The van der Waals surface area contributed by atoms with Crippen LogP contribution in [0.5, 0.6) is 0 Å². The lowest BCUT2D eigenvalue weighted by atomic mass is 10.1. The predicted octanol–water partition coefficient (Wildman–Crippen LogP) is 1.19. The van der Waals surface area contributed by atoms with Gasteiger partial charge < -0.3 is 15.3 Å². The fourth-order valence-corrected chi connectivity index (χ4v) is 2.44. The van der Waals surface area contributed by atoms with Crippen molar-refractivity contribution in [3.8, 4) is 0 Å². The van der Waals surface area contributed by atoms with Gasteiger partial charge in [-0.2, -0.15) is 0 Å². The number of aryl methyl sites for hydroxylation is 1. The number of amides is 2. The van der Waals surface area contributed by atoms with E-state index in [-0.39, 0.29) is 18.9 Å². The molecule has 2 atom stereocenters. The third-order valence-electron chi connectivity index (χ3n) is 3.88. The van der Waals surface area contributed by atoms with E-state index < -0.39 is 23.8 Å². The topological polar surface area (TPSA) is 86.7 Å². The van der Waals surface area contributed by atoms with Crippen LogP contribution in [0, 0.1) is 5.92 Å². The number of nitrogens with zero attached hydrogens (tertiary/aromatic N) is 1. The van der Waals surface area contributed by atoms with Crippen LogP contribution in [0.25, 0.3) is 0 Å². The molecule has 1 aromatic rings. The summed E-state index contributed by atoms with van der Waals surface area (Å²) in [5.41, 5.74) is 1.95. The number of carbonyl (C=O) groups excluding carboxylic acids is 2. The van der Waals surface area contributed by atoms with Gasteiger partial charge in [-0.05, 0) is 31.0 Å². The van der Waals surface area contributed by atoms with Gasteiger partial charge in [-0.1, -0.05) is 19.1 Å². The second-order valence-corrected chi connectivity index (χ2v) is 5.49. The number of rotatable bonds is 5. The van der Waals surface area contributed by atoms with Crippen molar-refractivity contribution in [2.24, 2.45) is 5.92 Å². The molecule has 0 spiro atoms. The van der Waals surface area contributed by atoms with Crippen molar-refractivity contribution >= 4 is 23.5 Å². The third-order valence-corrected chi connectivity index (χ3v) is 3.88. The van der Waals surface area contributed by atoms with E-state index in [0.29, 0.717) is 0 Å². The molecule has 6 nitrogen and oxygen atoms in total. The minimum absolute atomic E-state index is 0.105. The molecule has 1 unspecified atom stereocenters. The zero-order valence-electron chi connectivity index (χ0n) is 12.7. The van der Waals surface area contributed by atoms with Crippen molar-refractivity contribution in [2.45, 2.75) is 32.7 Å². The molecule has 118 valence electrons. The Morgan fingerprint density at radius 3 is 2.55 bits per heavy atom. The van der Waals surface area contributed by atoms with E-state index in [2.05, 4.69) is 12.2 Å². The number of carboxylic acids is 1. The maximum Gasteiger partial charge on any atom is 0.325 e. The molecule has 0 aromatic heterocycles. The molecule has 6 heteroatoms. The van der Waals surface area contributed by atoms with Gasteiger partial charge in [0, 0.05) is 18.7 Å². The molecule has 1 heterocycles. The normalized spacial score (nSPS) is 19.1. The minimum Gasteiger partial charge on any atom is -0.480 e. The molecule has 1 aliphatic rings. The van der Waals surface area contributed by atoms with Gasteiger partial charge >= 0.3 is 5.97 Å². The van der Waals surface area contributed by atoms with Crippen LogP contribution in [-0.4, -0.2) is 35.5 Å². The fraction of sp³-hybridized carbons (Fsp3) is 0.438. The van der Waals surface area contributed by atoms with Gasteiger partial charge in [-0.25, -0.2) is 0 Å². The van der Waals surface area contributed by atoms with Crippen LogP contribution in [-0.2, 0) is 20.8 Å². The summed E-state index contributed by atoms with van der Waals surface area (Å²) in [4.78, 5) is 36.5. The van der Waals surface area contributed by atoms with Crippen LogP contribution >= 0.6 is 0 Å². The van der Waals surface area contributed by atoms with E-state index in [0.717, 1.165) is 12.1 Å². The molecule has 2 N–H and O–H groups in total. The zero-order valence-corrected chi connectivity index (χ0v) is 12.7. The maximum absolute atomic E-state index is 12.1. The molecule has 0 bridgehead atoms. The fourth-order valence-electron chi connectivity index (χ4n) is 2.44. The molecule has 1 aromatic carbocycles. The minimum atomic E-state index is -1.09. The van der Waals surface area contributed by atoms with Crippen molar-refractivity contribution < 1.29 is 19.5 Å². The smallest absolute Gasteiger partial charge is 0.325 e. The quantitative estimate of drug-likeness (QED) is 0.855. The SMILES string of the molecule is CCc1ccc(N2CC(C(=O)N[C@@H](C)C(=O)O)CC2=O)cc1. The molecule has 0 saturated carbocycles. The first kappa shape index (κ1) is 16.0. The number of hydrogen-bond donors (Lipinski definition) is 2. The summed E-state index contributed by atoms with van der Waals surface area (Å²) >= 11 is 0. The van der Waals surface area contributed by atoms with Crippen LogP contribution in [0.4, 0.5) is 5.69 Å². The Labute approximate surface area is 129 Å². The molecule has 1 saturated heterocycles. The van der Waals surface area contributed by atoms with Crippen LogP contribution in [0.1, 0.15) is 25.8 Å². The highest BCUT2D eigenvalue weighted by Crippen LogP contribution is 2.25. The number of hydrogen-bond acceptors (Lipinski definition) is 3. The Morgan fingerprint density at radius 1 is 1.36 bits per heavy atom. The molecule has 22 heavy (non-hydrogen) atoms. The highest BCUT2D eigenvalue weighted by Gasteiger charge is 2.35. The number of nitrogens with one attached hydrogen (secondary N) is 1. The first-order valence-corrected chi connectivity index (χ1v) is 7.34.